The molecule has 0 aromatic heterocycles. The van der Waals surface area contributed by atoms with Crippen LogP contribution in [-0.4, -0.2) is 12.4 Å². The van der Waals surface area contributed by atoms with Crippen LogP contribution in [0.2, 0.25) is 0 Å². The minimum atomic E-state index is -0.0182. The summed E-state index contributed by atoms with van der Waals surface area (Å²) in [6, 6.07) is 3.98. The highest BCUT2D eigenvalue weighted by atomic mass is 16.5. The standard InChI is InChI=1S/C17H22O2/c1-11(2)8-15(18)13-9-12-6-7-19-16(12)14(10-13)17(3,4)5/h8-10H,6-7H2,1-5H3. The number of ether oxygens (including phenoxy) is 1. The van der Waals surface area contributed by atoms with Crippen LogP contribution in [0.3, 0.4) is 0 Å². The lowest BCUT2D eigenvalue weighted by atomic mass is 9.83. The largest absolute Gasteiger partial charge is 0.493 e. The van der Waals surface area contributed by atoms with Gasteiger partial charge in [-0.15, -0.1) is 0 Å². The van der Waals surface area contributed by atoms with Crippen LogP contribution in [0.4, 0.5) is 0 Å². The van der Waals surface area contributed by atoms with Crippen LogP contribution in [0.25, 0.3) is 0 Å². The molecule has 1 aromatic carbocycles. The maximum Gasteiger partial charge on any atom is 0.185 e. The van der Waals surface area contributed by atoms with Gasteiger partial charge < -0.3 is 4.74 Å². The van der Waals surface area contributed by atoms with Crippen molar-refractivity contribution in [1.29, 1.82) is 0 Å². The molecule has 0 spiro atoms. The van der Waals surface area contributed by atoms with Crippen LogP contribution in [0.5, 0.6) is 5.75 Å². The first kappa shape index (κ1) is 13.9. The lowest BCUT2D eigenvalue weighted by molar-refractivity contribution is 0.104. The number of benzene rings is 1. The summed E-state index contributed by atoms with van der Waals surface area (Å²) < 4.78 is 5.75. The average Bonchev–Trinajstić information content (AvgIpc) is 2.72. The van der Waals surface area contributed by atoms with E-state index in [0.717, 1.165) is 41.0 Å². The van der Waals surface area contributed by atoms with Crippen LogP contribution >= 0.6 is 0 Å². The fraction of sp³-hybridized carbons (Fsp3) is 0.471. The zero-order valence-electron chi connectivity index (χ0n) is 12.5. The van der Waals surface area contributed by atoms with Gasteiger partial charge in [0.05, 0.1) is 6.61 Å². The van der Waals surface area contributed by atoms with Crippen molar-refractivity contribution in [2.75, 3.05) is 6.61 Å². The second-order valence-corrected chi connectivity index (χ2v) is 6.45. The van der Waals surface area contributed by atoms with E-state index in [9.17, 15) is 4.79 Å². The number of carbonyl (C=O) groups is 1. The molecule has 1 aromatic rings. The summed E-state index contributed by atoms with van der Waals surface area (Å²) in [5.74, 6) is 1.07. The van der Waals surface area contributed by atoms with E-state index in [2.05, 4.69) is 20.8 Å². The van der Waals surface area contributed by atoms with E-state index in [0.29, 0.717) is 0 Å². The molecule has 2 heteroatoms. The summed E-state index contributed by atoms with van der Waals surface area (Å²) >= 11 is 0. The van der Waals surface area contributed by atoms with Gasteiger partial charge in [-0.1, -0.05) is 26.3 Å². The highest BCUT2D eigenvalue weighted by Gasteiger charge is 2.26. The molecule has 0 N–H and O–H groups in total. The molecule has 0 bridgehead atoms. The Kier molecular flexibility index (Phi) is 3.53. The summed E-state index contributed by atoms with van der Waals surface area (Å²) in [5.41, 5.74) is 4.08. The summed E-state index contributed by atoms with van der Waals surface area (Å²) in [6.07, 6.45) is 2.60. The minimum absolute atomic E-state index is 0.0182. The molecule has 0 atom stereocenters. The molecule has 0 saturated heterocycles. The van der Waals surface area contributed by atoms with Gasteiger partial charge >= 0.3 is 0 Å². The zero-order chi connectivity index (χ0) is 14.2. The number of allylic oxidation sites excluding steroid dienone is 2. The van der Waals surface area contributed by atoms with Crippen molar-refractivity contribution in [3.63, 3.8) is 0 Å². The van der Waals surface area contributed by atoms with Crippen molar-refractivity contribution >= 4 is 5.78 Å². The highest BCUT2D eigenvalue weighted by molar-refractivity contribution is 6.05. The lowest BCUT2D eigenvalue weighted by Crippen LogP contribution is -2.14. The summed E-state index contributed by atoms with van der Waals surface area (Å²) in [7, 11) is 0. The van der Waals surface area contributed by atoms with E-state index in [4.69, 9.17) is 4.74 Å². The molecule has 0 radical (unpaired) electrons. The van der Waals surface area contributed by atoms with Crippen molar-refractivity contribution in [2.45, 2.75) is 46.5 Å². The van der Waals surface area contributed by atoms with Gasteiger partial charge in [-0.05, 0) is 43.0 Å². The van der Waals surface area contributed by atoms with Crippen molar-refractivity contribution in [2.24, 2.45) is 0 Å². The molecule has 2 rings (SSSR count). The predicted octanol–water partition coefficient (Wildman–Crippen LogP) is 4.07. The van der Waals surface area contributed by atoms with Crippen LogP contribution < -0.4 is 4.74 Å². The molecule has 0 fully saturated rings. The first-order valence-electron chi connectivity index (χ1n) is 6.78. The third kappa shape index (κ3) is 2.89. The van der Waals surface area contributed by atoms with Crippen molar-refractivity contribution in [3.05, 3.63) is 40.5 Å². The van der Waals surface area contributed by atoms with E-state index < -0.39 is 0 Å². The first-order valence-corrected chi connectivity index (χ1v) is 6.78. The molecular weight excluding hydrogens is 236 g/mol. The number of ketones is 1. The van der Waals surface area contributed by atoms with E-state index in [1.165, 1.54) is 0 Å². The molecule has 1 aliphatic rings. The minimum Gasteiger partial charge on any atom is -0.493 e. The van der Waals surface area contributed by atoms with E-state index in [1.807, 2.05) is 26.0 Å². The van der Waals surface area contributed by atoms with E-state index in [-0.39, 0.29) is 11.2 Å². The first-order chi connectivity index (χ1) is 8.79. The number of fused-ring (bicyclic) bond motifs is 1. The van der Waals surface area contributed by atoms with Crippen molar-refractivity contribution in [1.82, 2.24) is 0 Å². The molecule has 2 nitrogen and oxygen atoms in total. The molecule has 0 amide bonds. The van der Waals surface area contributed by atoms with Gasteiger partial charge in [0.15, 0.2) is 5.78 Å². The Morgan fingerprint density at radius 2 is 1.95 bits per heavy atom. The summed E-state index contributed by atoms with van der Waals surface area (Å²) in [5, 5.41) is 0. The van der Waals surface area contributed by atoms with Gasteiger partial charge in [-0.2, -0.15) is 0 Å². The fourth-order valence-electron chi connectivity index (χ4n) is 2.35. The Balaban J connectivity index is 2.54. The van der Waals surface area contributed by atoms with Crippen LogP contribution in [0.1, 0.15) is 56.1 Å². The van der Waals surface area contributed by atoms with E-state index in [1.54, 1.807) is 6.08 Å². The lowest BCUT2D eigenvalue weighted by Gasteiger charge is -2.22. The topological polar surface area (TPSA) is 26.3 Å². The monoisotopic (exact) mass is 258 g/mol. The molecule has 0 aliphatic carbocycles. The van der Waals surface area contributed by atoms with Gasteiger partial charge in [0.25, 0.3) is 0 Å². The number of hydrogen-bond donors (Lipinski definition) is 0. The average molecular weight is 258 g/mol. The second kappa shape index (κ2) is 4.84. The summed E-state index contributed by atoms with van der Waals surface area (Å²) in [6.45, 7) is 11.1. The maximum absolute atomic E-state index is 12.2. The van der Waals surface area contributed by atoms with Crippen LogP contribution in [-0.2, 0) is 11.8 Å². The van der Waals surface area contributed by atoms with Crippen LogP contribution in [0, 0.1) is 0 Å². The summed E-state index contributed by atoms with van der Waals surface area (Å²) in [4.78, 5) is 12.2. The van der Waals surface area contributed by atoms with Crippen LogP contribution in [0.15, 0.2) is 23.8 Å². The second-order valence-electron chi connectivity index (χ2n) is 6.45. The smallest absolute Gasteiger partial charge is 0.185 e. The Bertz CT molecular complexity index is 541. The van der Waals surface area contributed by atoms with Crippen molar-refractivity contribution < 1.29 is 9.53 Å². The molecule has 19 heavy (non-hydrogen) atoms. The normalized spacial score (nSPS) is 13.7. The Hall–Kier alpha value is -1.57. The Labute approximate surface area is 115 Å². The molecule has 1 aliphatic heterocycles. The van der Waals surface area contributed by atoms with Gasteiger partial charge in [0, 0.05) is 17.5 Å². The quantitative estimate of drug-likeness (QED) is 0.590. The van der Waals surface area contributed by atoms with Gasteiger partial charge in [-0.3, -0.25) is 4.79 Å². The van der Waals surface area contributed by atoms with Gasteiger partial charge in [0.2, 0.25) is 0 Å². The predicted molar refractivity (Wildman–Crippen MR) is 78.1 cm³/mol. The molecule has 0 unspecified atom stereocenters. The fourth-order valence-corrected chi connectivity index (χ4v) is 2.35. The SMILES string of the molecule is CC(C)=CC(=O)c1cc2c(c(C(C)(C)C)c1)OCC2. The number of carbonyl (C=O) groups excluding carboxylic acids is 1. The van der Waals surface area contributed by atoms with Gasteiger partial charge in [-0.25, -0.2) is 0 Å². The Morgan fingerprint density at radius 1 is 1.26 bits per heavy atom. The third-order valence-corrected chi connectivity index (χ3v) is 3.30. The van der Waals surface area contributed by atoms with E-state index >= 15 is 0 Å². The Morgan fingerprint density at radius 3 is 2.53 bits per heavy atom. The van der Waals surface area contributed by atoms with Gasteiger partial charge in [0.1, 0.15) is 5.75 Å². The highest BCUT2D eigenvalue weighted by Crippen LogP contribution is 2.38. The maximum atomic E-state index is 12.2. The molecular formula is C17H22O2. The zero-order valence-corrected chi connectivity index (χ0v) is 12.5. The molecule has 1 heterocycles. The van der Waals surface area contributed by atoms with Crippen molar-refractivity contribution in [3.8, 4) is 5.75 Å². The molecule has 0 saturated carbocycles. The third-order valence-electron chi connectivity index (χ3n) is 3.30. The number of rotatable bonds is 2. The number of hydrogen-bond acceptors (Lipinski definition) is 2. The molecule has 102 valence electrons.